The highest BCUT2D eigenvalue weighted by Gasteiger charge is 2.24. The van der Waals surface area contributed by atoms with Crippen molar-refractivity contribution in [1.82, 2.24) is 0 Å². The maximum absolute atomic E-state index is 2.47. The molecule has 0 heterocycles. The second-order valence-electron chi connectivity index (χ2n) is 19.6. The molecule has 13 rings (SSSR count). The molecule has 0 fully saturated rings. The summed E-state index contributed by atoms with van der Waals surface area (Å²) in [5.74, 6) is 0. The highest BCUT2D eigenvalue weighted by molar-refractivity contribution is 5.88. The van der Waals surface area contributed by atoms with Crippen molar-refractivity contribution in [3.05, 3.63) is 326 Å². The third-order valence-electron chi connectivity index (χ3n) is 15.1. The highest BCUT2D eigenvalue weighted by Crippen LogP contribution is 2.46. The van der Waals surface area contributed by atoms with E-state index in [4.69, 9.17) is 0 Å². The number of hydrogen-bond acceptors (Lipinski definition) is 2. The van der Waals surface area contributed by atoms with E-state index in [2.05, 4.69) is 313 Å². The van der Waals surface area contributed by atoms with Gasteiger partial charge in [-0.3, -0.25) is 0 Å². The number of hydrogen-bond donors (Lipinski definition) is 0. The molecule has 0 atom stereocenters. The molecule has 2 nitrogen and oxygen atoms in total. The van der Waals surface area contributed by atoms with E-state index in [9.17, 15) is 0 Å². The van der Waals surface area contributed by atoms with Crippen molar-refractivity contribution in [3.63, 3.8) is 0 Å². The molecule has 1 aliphatic rings. The second kappa shape index (κ2) is 20.6. The lowest BCUT2D eigenvalue weighted by molar-refractivity contribution is 1.13. The zero-order valence-corrected chi connectivity index (χ0v) is 42.2. The first-order chi connectivity index (χ1) is 37.7. The summed E-state index contributed by atoms with van der Waals surface area (Å²) < 4.78 is 0. The van der Waals surface area contributed by atoms with E-state index in [1.165, 1.54) is 77.9 Å². The lowest BCUT2D eigenvalue weighted by atomic mass is 9.83. The van der Waals surface area contributed by atoms with Gasteiger partial charge in [-0.15, -0.1) is 0 Å². The van der Waals surface area contributed by atoms with Gasteiger partial charge in [0.2, 0.25) is 0 Å². The predicted molar refractivity (Wildman–Crippen MR) is 320 cm³/mol. The Morgan fingerprint density at radius 3 is 0.803 bits per heavy atom. The Balaban J connectivity index is 0.889. The Morgan fingerprint density at radius 1 is 0.184 bits per heavy atom. The van der Waals surface area contributed by atoms with Crippen LogP contribution in [0.1, 0.15) is 22.3 Å². The largest absolute Gasteiger partial charge is 0.311 e. The molecular weight excluding hydrogens is 917 g/mol. The van der Waals surface area contributed by atoms with Gasteiger partial charge in [0.05, 0.1) is 5.69 Å². The zero-order chi connectivity index (χ0) is 50.6. The van der Waals surface area contributed by atoms with Crippen LogP contribution in [-0.2, 0) is 12.8 Å². The summed E-state index contributed by atoms with van der Waals surface area (Å²) in [6.45, 7) is 0. The van der Waals surface area contributed by atoms with Gasteiger partial charge < -0.3 is 9.80 Å². The Kier molecular flexibility index (Phi) is 12.5. The first kappa shape index (κ1) is 46.1. The molecule has 0 saturated carbocycles. The number of anilines is 6. The summed E-state index contributed by atoms with van der Waals surface area (Å²) >= 11 is 0. The molecule has 0 saturated heterocycles. The summed E-state index contributed by atoms with van der Waals surface area (Å²) in [7, 11) is 0. The van der Waals surface area contributed by atoms with E-state index < -0.39 is 0 Å². The summed E-state index contributed by atoms with van der Waals surface area (Å²) in [6, 6.07) is 111. The van der Waals surface area contributed by atoms with Crippen molar-refractivity contribution in [2.24, 2.45) is 0 Å². The number of nitrogens with zero attached hydrogens (tertiary/aromatic N) is 2. The molecule has 1 aliphatic carbocycles. The summed E-state index contributed by atoms with van der Waals surface area (Å²) in [6.07, 6.45) is 1.61. The quantitative estimate of drug-likeness (QED) is 0.135. The number of fused-ring (bicyclic) bond motifs is 6. The van der Waals surface area contributed by atoms with Crippen LogP contribution in [-0.4, -0.2) is 0 Å². The van der Waals surface area contributed by atoms with Gasteiger partial charge in [0, 0.05) is 34.9 Å². The van der Waals surface area contributed by atoms with Gasteiger partial charge in [-0.2, -0.15) is 0 Å². The van der Waals surface area contributed by atoms with Gasteiger partial charge in [0.1, 0.15) is 0 Å². The average molecular weight is 971 g/mol. The molecular formula is C74H54N2. The number of rotatable bonds is 10. The molecule has 0 amide bonds. The van der Waals surface area contributed by atoms with Crippen molar-refractivity contribution in [2.45, 2.75) is 12.8 Å². The lowest BCUT2D eigenvalue weighted by Gasteiger charge is -2.30. The van der Waals surface area contributed by atoms with Gasteiger partial charge >= 0.3 is 0 Å². The van der Waals surface area contributed by atoms with Gasteiger partial charge in [-0.05, 0) is 162 Å². The van der Waals surface area contributed by atoms with Gasteiger partial charge in [-0.25, -0.2) is 0 Å². The monoisotopic (exact) mass is 970 g/mol. The third-order valence-corrected chi connectivity index (χ3v) is 15.1. The van der Waals surface area contributed by atoms with Gasteiger partial charge in [-0.1, -0.05) is 237 Å². The van der Waals surface area contributed by atoms with Gasteiger partial charge in [0.25, 0.3) is 0 Å². The Morgan fingerprint density at radius 2 is 0.447 bits per heavy atom. The predicted octanol–water partition coefficient (Wildman–Crippen LogP) is 20.1. The normalized spacial score (nSPS) is 11.6. The molecule has 0 bridgehead atoms. The van der Waals surface area contributed by atoms with Crippen molar-refractivity contribution in [2.75, 3.05) is 9.80 Å². The molecule has 0 unspecified atom stereocenters. The van der Waals surface area contributed by atoms with E-state index in [-0.39, 0.29) is 0 Å². The van der Waals surface area contributed by atoms with E-state index in [1.807, 2.05) is 0 Å². The minimum absolute atomic E-state index is 0.763. The van der Waals surface area contributed by atoms with Crippen LogP contribution in [0.25, 0.3) is 66.8 Å². The Labute approximate surface area is 446 Å². The van der Waals surface area contributed by atoms with Crippen molar-refractivity contribution in [1.29, 1.82) is 0 Å². The fourth-order valence-corrected chi connectivity index (χ4v) is 11.2. The van der Waals surface area contributed by atoms with Crippen LogP contribution >= 0.6 is 0 Å². The smallest absolute Gasteiger partial charge is 0.0503 e. The number of benzene rings is 12. The molecule has 0 aromatic heterocycles. The molecule has 360 valence electrons. The van der Waals surface area contributed by atoms with Crippen LogP contribution in [0.15, 0.2) is 303 Å². The Bertz CT molecular complexity index is 3840. The van der Waals surface area contributed by atoms with Crippen LogP contribution in [0, 0.1) is 0 Å². The molecule has 0 spiro atoms. The van der Waals surface area contributed by atoms with E-state index in [0.717, 1.165) is 58.1 Å². The van der Waals surface area contributed by atoms with Crippen LogP contribution in [0.5, 0.6) is 0 Å². The summed E-state index contributed by atoms with van der Waals surface area (Å²) in [5.41, 5.74) is 26.5. The molecule has 76 heavy (non-hydrogen) atoms. The van der Waals surface area contributed by atoms with Gasteiger partial charge in [0.15, 0.2) is 0 Å². The summed E-state index contributed by atoms with van der Waals surface area (Å²) in [5, 5.41) is 0. The van der Waals surface area contributed by atoms with E-state index in [1.54, 1.807) is 0 Å². The maximum Gasteiger partial charge on any atom is 0.0503 e. The second-order valence-corrected chi connectivity index (χ2v) is 19.6. The van der Waals surface area contributed by atoms with Crippen molar-refractivity contribution in [3.8, 4) is 66.8 Å². The minimum atomic E-state index is 0.763. The molecule has 0 radical (unpaired) electrons. The first-order valence-electron chi connectivity index (χ1n) is 26.3. The Hall–Kier alpha value is -9.76. The fourth-order valence-electron chi connectivity index (χ4n) is 11.2. The first-order valence-corrected chi connectivity index (χ1v) is 26.3. The lowest BCUT2D eigenvalue weighted by Crippen LogP contribution is -2.14. The maximum atomic E-state index is 2.47. The van der Waals surface area contributed by atoms with Crippen LogP contribution in [0.3, 0.4) is 0 Å². The molecule has 2 heteroatoms. The fraction of sp³-hybridized carbons (Fsp3) is 0.0270. The SMILES string of the molecule is c1ccc(-c2ccc(N(c3ccc(-c4ccccc4)cc3)c3ccc(-c4ccc(N(c5ccc(-c6ccccc6)cc5)c5cccc6c5Cc5ccccc5-c5ccccc5Cc5ccccc5-6)cc4)cc3)cc2)cc1. The molecule has 0 N–H and O–H groups in total. The molecule has 0 aliphatic heterocycles. The minimum Gasteiger partial charge on any atom is -0.311 e. The molecule has 12 aromatic rings. The van der Waals surface area contributed by atoms with E-state index in [0.29, 0.717) is 0 Å². The average Bonchev–Trinajstić information content (AvgIpc) is 3.51. The van der Waals surface area contributed by atoms with Crippen molar-refractivity contribution >= 4 is 34.1 Å². The molecule has 12 aromatic carbocycles. The van der Waals surface area contributed by atoms with Crippen molar-refractivity contribution < 1.29 is 0 Å². The third kappa shape index (κ3) is 9.19. The van der Waals surface area contributed by atoms with E-state index >= 15 is 0 Å². The van der Waals surface area contributed by atoms with Crippen LogP contribution in [0.4, 0.5) is 34.1 Å². The summed E-state index contributed by atoms with van der Waals surface area (Å²) in [4.78, 5) is 4.82. The van der Waals surface area contributed by atoms with Crippen LogP contribution < -0.4 is 9.80 Å². The van der Waals surface area contributed by atoms with Crippen LogP contribution in [0.2, 0.25) is 0 Å². The highest BCUT2D eigenvalue weighted by atomic mass is 15.1. The standard InChI is InChI=1S/C74H54N2/c1-4-17-53(18-5-1)56-31-41-64(42-32-56)75(65-43-33-57(34-44-65)54-19-6-2-7-20-54)66-45-35-59(36-46-66)60-39-49-68(50-40-60)76(67-47-37-58(38-48-67)55-21-8-3-9-22-55)74-30-16-29-72-71-28-15-11-24-62(71)51-61-23-10-13-26-69(61)70-27-14-12-25-63(70)52-73(72)74/h1-50H,51-52H2. The topological polar surface area (TPSA) is 6.48 Å². The zero-order valence-electron chi connectivity index (χ0n) is 42.2.